The van der Waals surface area contributed by atoms with Gasteiger partial charge in [-0.1, -0.05) is 118 Å². The fourth-order valence-electron chi connectivity index (χ4n) is 10.5. The first-order chi connectivity index (χ1) is 31.5. The van der Waals surface area contributed by atoms with Crippen molar-refractivity contribution < 1.29 is 33.5 Å². The lowest BCUT2D eigenvalue weighted by atomic mass is 9.62. The number of ketones is 2. The Morgan fingerprint density at radius 1 is 0.662 bits per heavy atom. The zero-order valence-corrected chi connectivity index (χ0v) is 38.8. The molecule has 1 atom stereocenters. The fraction of sp³-hybridized carbons (Fsp3) is 0.368. The highest BCUT2D eigenvalue weighted by Crippen LogP contribution is 2.48. The monoisotopic (exact) mass is 871 g/mol. The zero-order valence-electron chi connectivity index (χ0n) is 38.8. The number of aliphatic imine (C=N–C) groups is 1. The Kier molecular flexibility index (Phi) is 13.5. The molecule has 2 heterocycles. The third-order valence-electron chi connectivity index (χ3n) is 14.1. The summed E-state index contributed by atoms with van der Waals surface area (Å²) in [5.74, 6) is 0.299. The molecule has 0 radical (unpaired) electrons. The second-order valence-corrected chi connectivity index (χ2v) is 18.7. The average molecular weight is 872 g/mol. The molecule has 336 valence electrons. The maximum Gasteiger partial charge on any atom is 0.209 e. The molecular formula is C57H63N2O6+. The molecule has 3 aliphatic rings. The number of aliphatic hydroxyl groups is 1. The Morgan fingerprint density at radius 2 is 1.23 bits per heavy atom. The van der Waals surface area contributed by atoms with Gasteiger partial charge >= 0.3 is 0 Å². The normalized spacial score (nSPS) is 17.6. The average Bonchev–Trinajstić information content (AvgIpc) is 3.73. The van der Waals surface area contributed by atoms with Crippen molar-refractivity contribution in [2.75, 3.05) is 34.0 Å². The van der Waals surface area contributed by atoms with Crippen LogP contribution in [0.1, 0.15) is 100 Å². The van der Waals surface area contributed by atoms with Crippen LogP contribution in [0.4, 0.5) is 11.4 Å². The van der Waals surface area contributed by atoms with Crippen LogP contribution in [0.5, 0.6) is 11.5 Å². The van der Waals surface area contributed by atoms with Gasteiger partial charge < -0.3 is 19.3 Å². The van der Waals surface area contributed by atoms with Gasteiger partial charge in [0.2, 0.25) is 5.69 Å². The number of nitrogens with zero attached hydrogens (tertiary/aromatic N) is 2. The number of benzene rings is 5. The largest absolute Gasteiger partial charge is 0.497 e. The number of hydrogen-bond donors (Lipinski definition) is 1. The quantitative estimate of drug-likeness (QED) is 0.0209. The third-order valence-corrected chi connectivity index (χ3v) is 14.1. The smallest absolute Gasteiger partial charge is 0.209 e. The van der Waals surface area contributed by atoms with E-state index in [9.17, 15) is 14.7 Å². The summed E-state index contributed by atoms with van der Waals surface area (Å²) in [5.41, 5.74) is 7.81. The summed E-state index contributed by atoms with van der Waals surface area (Å²) in [6.07, 6.45) is 7.50. The standard InChI is InChI=1S/C57H63N2O6/c1-55(2)47-24-14-16-26-49(47)59(50(55)38-45-52(61)51(53(45)62)44(22-12-8-18-36-60)54-56(3,4)46-23-13-15-25-48(46)58-54)35-17-9-19-37-65-57(39-20-10-7-11-21-39,40-27-31-42(63-5)32-28-40)41-29-33-43(64-6)34-30-41/h7,10-11,13-16,20-21,23-34,38,44,51,60H,8-9,12,17-19,22,35-37H2,1-6H3/q+1. The molecule has 0 saturated heterocycles. The Balaban J connectivity index is 1.03. The Morgan fingerprint density at radius 3 is 1.85 bits per heavy atom. The number of unbranched alkanes of at least 4 members (excludes halogenated alkanes) is 4. The second-order valence-electron chi connectivity index (χ2n) is 18.7. The number of para-hydroxylation sites is 2. The number of ether oxygens (including phenoxy) is 3. The molecule has 2 aliphatic heterocycles. The van der Waals surface area contributed by atoms with Gasteiger partial charge in [0.25, 0.3) is 0 Å². The van der Waals surface area contributed by atoms with Gasteiger partial charge in [-0.05, 0) is 92.1 Å². The van der Waals surface area contributed by atoms with Gasteiger partial charge in [-0.2, -0.15) is 4.58 Å². The molecule has 65 heavy (non-hydrogen) atoms. The fourth-order valence-corrected chi connectivity index (χ4v) is 10.5. The van der Waals surface area contributed by atoms with Crippen LogP contribution in [0.25, 0.3) is 0 Å². The first-order valence-corrected chi connectivity index (χ1v) is 23.3. The van der Waals surface area contributed by atoms with E-state index in [1.54, 1.807) is 14.2 Å². The summed E-state index contributed by atoms with van der Waals surface area (Å²) in [4.78, 5) is 34.0. The van der Waals surface area contributed by atoms with Gasteiger partial charge in [-0.3, -0.25) is 14.6 Å². The van der Waals surface area contributed by atoms with E-state index >= 15 is 0 Å². The maximum absolute atomic E-state index is 14.5. The molecule has 1 saturated carbocycles. The van der Waals surface area contributed by atoms with Crippen LogP contribution < -0.4 is 9.47 Å². The predicted molar refractivity (Wildman–Crippen MR) is 259 cm³/mol. The van der Waals surface area contributed by atoms with E-state index in [4.69, 9.17) is 19.2 Å². The van der Waals surface area contributed by atoms with Gasteiger partial charge in [0.05, 0.1) is 36.8 Å². The van der Waals surface area contributed by atoms with Crippen LogP contribution in [0, 0.1) is 11.8 Å². The van der Waals surface area contributed by atoms with Crippen molar-refractivity contribution in [3.63, 3.8) is 0 Å². The summed E-state index contributed by atoms with van der Waals surface area (Å²) in [6.45, 7) is 10.1. The minimum absolute atomic E-state index is 0.0939. The van der Waals surface area contributed by atoms with Gasteiger partial charge in [-0.25, -0.2) is 0 Å². The number of hydrogen-bond acceptors (Lipinski definition) is 7. The minimum Gasteiger partial charge on any atom is -0.497 e. The summed E-state index contributed by atoms with van der Waals surface area (Å²) in [6, 6.07) is 43.2. The molecule has 5 aromatic carbocycles. The Bertz CT molecular complexity index is 2540. The van der Waals surface area contributed by atoms with Gasteiger partial charge in [0, 0.05) is 54.4 Å². The lowest BCUT2D eigenvalue weighted by Crippen LogP contribution is -2.51. The van der Waals surface area contributed by atoms with Crippen LogP contribution >= 0.6 is 0 Å². The number of rotatable bonds is 20. The molecule has 1 N–H and O–H groups in total. The highest BCUT2D eigenvalue weighted by atomic mass is 16.5. The number of carbonyl (C=O) groups excluding carboxylic acids is 2. The number of fused-ring (bicyclic) bond motifs is 2. The van der Waals surface area contributed by atoms with Crippen molar-refractivity contribution in [2.45, 2.75) is 89.1 Å². The molecule has 1 unspecified atom stereocenters. The number of methoxy groups -OCH3 is 2. The van der Waals surface area contributed by atoms with Crippen molar-refractivity contribution in [3.05, 3.63) is 167 Å². The summed E-state index contributed by atoms with van der Waals surface area (Å²) < 4.78 is 20.5. The number of aliphatic hydroxyl groups excluding tert-OH is 1. The second kappa shape index (κ2) is 19.3. The van der Waals surface area contributed by atoms with E-state index in [1.807, 2.05) is 66.7 Å². The van der Waals surface area contributed by atoms with Crippen LogP contribution in [0.2, 0.25) is 0 Å². The van der Waals surface area contributed by atoms with Gasteiger partial charge in [-0.15, -0.1) is 0 Å². The molecule has 8 nitrogen and oxygen atoms in total. The number of Topliss-reactive ketones (excluding diaryl/α,β-unsaturated/α-hetero) is 2. The Hall–Kier alpha value is -5.96. The van der Waals surface area contributed by atoms with Crippen LogP contribution in [0.15, 0.2) is 144 Å². The number of carbonyl (C=O) groups is 2. The third kappa shape index (κ3) is 8.55. The lowest BCUT2D eigenvalue weighted by molar-refractivity contribution is -0.438. The lowest BCUT2D eigenvalue weighted by Gasteiger charge is -2.37. The highest BCUT2D eigenvalue weighted by Gasteiger charge is 2.54. The van der Waals surface area contributed by atoms with Crippen LogP contribution in [-0.4, -0.2) is 66.7 Å². The minimum atomic E-state index is -0.882. The molecule has 0 amide bonds. The molecular weight excluding hydrogens is 809 g/mol. The van der Waals surface area contributed by atoms with E-state index in [0.717, 1.165) is 95.2 Å². The molecule has 0 spiro atoms. The summed E-state index contributed by atoms with van der Waals surface area (Å²) in [5, 5.41) is 9.50. The molecule has 1 aliphatic carbocycles. The first kappa shape index (κ1) is 45.6. The van der Waals surface area contributed by atoms with Crippen LogP contribution in [0.3, 0.4) is 0 Å². The predicted octanol–water partition coefficient (Wildman–Crippen LogP) is 11.2. The van der Waals surface area contributed by atoms with Gasteiger partial charge in [0.1, 0.15) is 23.6 Å². The van der Waals surface area contributed by atoms with E-state index in [0.29, 0.717) is 19.4 Å². The van der Waals surface area contributed by atoms with Crippen LogP contribution in [-0.2, 0) is 30.8 Å². The first-order valence-electron chi connectivity index (χ1n) is 23.3. The zero-order chi connectivity index (χ0) is 45.8. The Labute approximate surface area is 384 Å². The summed E-state index contributed by atoms with van der Waals surface area (Å²) >= 11 is 0. The molecule has 5 aromatic rings. The van der Waals surface area contributed by atoms with Crippen molar-refractivity contribution in [3.8, 4) is 11.5 Å². The van der Waals surface area contributed by atoms with E-state index in [-0.39, 0.29) is 29.7 Å². The van der Waals surface area contributed by atoms with E-state index < -0.39 is 22.3 Å². The topological polar surface area (TPSA) is 97.4 Å². The molecule has 0 bridgehead atoms. The SMILES string of the molecule is COc1ccc(C(OCCCCC[N+]2=C(C=C3C(=O)C(C(CCCCCO)C4=Nc5ccccc5C4(C)C)C3=O)C(C)(C)c3ccccc32)(c2ccccc2)c2ccc(OC)cc2)cc1. The summed E-state index contributed by atoms with van der Waals surface area (Å²) in [7, 11) is 3.35. The number of allylic oxidation sites excluding steroid dienone is 2. The van der Waals surface area contributed by atoms with E-state index in [2.05, 4.69) is 99.0 Å². The highest BCUT2D eigenvalue weighted by molar-refractivity contribution is 6.41. The molecule has 1 fully saturated rings. The van der Waals surface area contributed by atoms with Crippen molar-refractivity contribution >= 4 is 34.4 Å². The van der Waals surface area contributed by atoms with Crippen molar-refractivity contribution in [1.29, 1.82) is 0 Å². The molecule has 0 aromatic heterocycles. The van der Waals surface area contributed by atoms with E-state index in [1.165, 1.54) is 5.56 Å². The van der Waals surface area contributed by atoms with Gasteiger partial charge in [0.15, 0.2) is 17.3 Å². The van der Waals surface area contributed by atoms with Crippen molar-refractivity contribution in [2.24, 2.45) is 16.8 Å². The van der Waals surface area contributed by atoms with Crippen molar-refractivity contribution in [1.82, 2.24) is 0 Å². The maximum atomic E-state index is 14.5. The molecule has 8 heteroatoms. The molecule has 8 rings (SSSR count).